The third-order valence-electron chi connectivity index (χ3n) is 4.44. The second-order valence-electron chi connectivity index (χ2n) is 7.07. The van der Waals surface area contributed by atoms with Crippen LogP contribution in [-0.2, 0) is 16.0 Å². The fraction of sp³-hybridized carbons (Fsp3) is 0.346. The average Bonchev–Trinajstić information content (AvgIpc) is 2.73. The van der Waals surface area contributed by atoms with Crippen molar-refractivity contribution >= 4 is 5.91 Å². The Morgan fingerprint density at radius 2 is 1.97 bits per heavy atom. The number of ether oxygens (including phenoxy) is 1. The number of benzene rings is 1. The van der Waals surface area contributed by atoms with Gasteiger partial charge < -0.3 is 15.8 Å². The van der Waals surface area contributed by atoms with Gasteiger partial charge in [-0.25, -0.2) is 0 Å². The fourth-order valence-corrected chi connectivity index (χ4v) is 2.68. The van der Waals surface area contributed by atoms with Crippen LogP contribution in [0.25, 0.3) is 0 Å². The normalized spacial score (nSPS) is 13.7. The van der Waals surface area contributed by atoms with Gasteiger partial charge in [-0.15, -0.1) is 0 Å². The maximum Gasteiger partial charge on any atom is 0.248 e. The number of rotatable bonds is 14. The van der Waals surface area contributed by atoms with Gasteiger partial charge in [0.15, 0.2) is 0 Å². The van der Waals surface area contributed by atoms with Crippen molar-refractivity contribution in [3.8, 4) is 0 Å². The summed E-state index contributed by atoms with van der Waals surface area (Å²) < 4.78 is 5.77. The Labute approximate surface area is 181 Å². The molecule has 0 saturated heterocycles. The van der Waals surface area contributed by atoms with Gasteiger partial charge >= 0.3 is 0 Å². The summed E-state index contributed by atoms with van der Waals surface area (Å²) in [5, 5.41) is 3.47. The monoisotopic (exact) mass is 408 g/mol. The lowest BCUT2D eigenvalue weighted by atomic mass is 10.1. The number of nitrogens with two attached hydrogens (primary N) is 1. The van der Waals surface area contributed by atoms with Crippen molar-refractivity contribution in [3.63, 3.8) is 0 Å². The van der Waals surface area contributed by atoms with E-state index < -0.39 is 5.91 Å². The van der Waals surface area contributed by atoms with Crippen LogP contribution in [0.3, 0.4) is 0 Å². The minimum Gasteiger partial charge on any atom is -0.487 e. The molecular weight excluding hydrogens is 372 g/mol. The first-order valence-corrected chi connectivity index (χ1v) is 10.6. The van der Waals surface area contributed by atoms with Crippen LogP contribution in [-0.4, -0.2) is 25.1 Å². The largest absolute Gasteiger partial charge is 0.487 e. The molecule has 0 saturated carbocycles. The first kappa shape index (κ1) is 25.2. The van der Waals surface area contributed by atoms with E-state index in [0.29, 0.717) is 11.3 Å². The summed E-state index contributed by atoms with van der Waals surface area (Å²) in [6.45, 7) is 11.7. The van der Waals surface area contributed by atoms with Gasteiger partial charge in [0.05, 0.1) is 0 Å². The average molecular weight is 409 g/mol. The third kappa shape index (κ3) is 11.2. The molecule has 3 N–H and O–H groups in total. The zero-order valence-electron chi connectivity index (χ0n) is 18.6. The lowest BCUT2D eigenvalue weighted by Gasteiger charge is -2.11. The van der Waals surface area contributed by atoms with Gasteiger partial charge in [-0.1, -0.05) is 68.5 Å². The van der Waals surface area contributed by atoms with Crippen molar-refractivity contribution in [1.82, 2.24) is 5.32 Å². The van der Waals surface area contributed by atoms with E-state index in [1.807, 2.05) is 39.0 Å². The number of hydrogen-bond acceptors (Lipinski definition) is 3. The Balaban J connectivity index is 2.43. The molecule has 0 aliphatic heterocycles. The summed E-state index contributed by atoms with van der Waals surface area (Å²) in [5.74, 6) is 0.0387. The van der Waals surface area contributed by atoms with Crippen molar-refractivity contribution in [2.24, 2.45) is 5.73 Å². The molecule has 162 valence electrons. The Morgan fingerprint density at radius 1 is 1.23 bits per heavy atom. The van der Waals surface area contributed by atoms with Crippen LogP contribution in [0.4, 0.5) is 0 Å². The number of carbonyl (C=O) groups excluding carboxylic acids is 1. The molecule has 1 aromatic rings. The van der Waals surface area contributed by atoms with E-state index in [2.05, 4.69) is 48.3 Å². The van der Waals surface area contributed by atoms with E-state index in [-0.39, 0.29) is 6.10 Å². The summed E-state index contributed by atoms with van der Waals surface area (Å²) in [4.78, 5) is 11.4. The number of hydrogen-bond donors (Lipinski definition) is 2. The molecule has 0 heterocycles. The maximum absolute atomic E-state index is 11.4. The number of amides is 1. The van der Waals surface area contributed by atoms with Crippen molar-refractivity contribution in [1.29, 1.82) is 0 Å². The molecule has 30 heavy (non-hydrogen) atoms. The van der Waals surface area contributed by atoms with Crippen LogP contribution in [0, 0.1) is 0 Å². The summed E-state index contributed by atoms with van der Waals surface area (Å²) >= 11 is 0. The number of carbonyl (C=O) groups is 1. The van der Waals surface area contributed by atoms with E-state index in [0.717, 1.165) is 32.4 Å². The van der Waals surface area contributed by atoms with Crippen molar-refractivity contribution in [2.75, 3.05) is 13.1 Å². The van der Waals surface area contributed by atoms with Gasteiger partial charge in [0.25, 0.3) is 0 Å². The third-order valence-corrected chi connectivity index (χ3v) is 4.44. The summed E-state index contributed by atoms with van der Waals surface area (Å²) in [5.41, 5.74) is 8.39. The van der Waals surface area contributed by atoms with Crippen LogP contribution < -0.4 is 11.1 Å². The number of allylic oxidation sites excluding steroid dienone is 3. The molecule has 0 aliphatic carbocycles. The zero-order chi connectivity index (χ0) is 22.2. The number of unbranched alkanes of at least 4 members (excludes halogenated alkanes) is 1. The van der Waals surface area contributed by atoms with Crippen LogP contribution >= 0.6 is 0 Å². The van der Waals surface area contributed by atoms with E-state index >= 15 is 0 Å². The zero-order valence-corrected chi connectivity index (χ0v) is 18.6. The molecule has 1 aromatic carbocycles. The minimum absolute atomic E-state index is 0.141. The molecule has 0 bridgehead atoms. The first-order valence-electron chi connectivity index (χ1n) is 10.6. The Kier molecular flexibility index (Phi) is 12.6. The smallest absolute Gasteiger partial charge is 0.248 e. The number of nitrogens with one attached hydrogen (secondary N) is 1. The Morgan fingerprint density at radius 3 is 2.60 bits per heavy atom. The predicted molar refractivity (Wildman–Crippen MR) is 127 cm³/mol. The predicted octanol–water partition coefficient (Wildman–Crippen LogP) is 5.01. The van der Waals surface area contributed by atoms with Gasteiger partial charge in [-0.05, 0) is 62.6 Å². The molecule has 4 nitrogen and oxygen atoms in total. The van der Waals surface area contributed by atoms with E-state index in [4.69, 9.17) is 10.5 Å². The van der Waals surface area contributed by atoms with Gasteiger partial charge in [-0.3, -0.25) is 4.79 Å². The van der Waals surface area contributed by atoms with Crippen molar-refractivity contribution < 1.29 is 9.53 Å². The van der Waals surface area contributed by atoms with Gasteiger partial charge in [0.2, 0.25) is 5.91 Å². The molecule has 1 amide bonds. The summed E-state index contributed by atoms with van der Waals surface area (Å²) in [6, 6.07) is 10.5. The first-order chi connectivity index (χ1) is 14.5. The van der Waals surface area contributed by atoms with Gasteiger partial charge in [0, 0.05) is 12.1 Å². The Hall–Kier alpha value is -2.85. The highest BCUT2D eigenvalue weighted by molar-refractivity contribution is 5.94. The van der Waals surface area contributed by atoms with Gasteiger partial charge in [-0.2, -0.15) is 0 Å². The highest BCUT2D eigenvalue weighted by Gasteiger charge is 2.02. The lowest BCUT2D eigenvalue weighted by Crippen LogP contribution is -2.19. The molecule has 1 unspecified atom stereocenters. The van der Waals surface area contributed by atoms with Crippen LogP contribution in [0.2, 0.25) is 0 Å². The molecule has 4 heteroatoms. The molecule has 0 aromatic heterocycles. The standard InChI is InChI=1S/C26H36N2O2/c1-5-7-13-25(26(27)29)17-15-22(4)30-21(3)14-16-23(6-2)20-28-19-18-24-11-9-8-10-12-24/h6,8-17,21,28H,4-5,7,18-20H2,1-3H3,(H2,27,29)/b16-14-,17-15-,23-6+,25-13+. The van der Waals surface area contributed by atoms with Crippen LogP contribution in [0.5, 0.6) is 0 Å². The quantitative estimate of drug-likeness (QED) is 0.197. The summed E-state index contributed by atoms with van der Waals surface area (Å²) in [7, 11) is 0. The van der Waals surface area contributed by atoms with E-state index in [1.165, 1.54) is 11.1 Å². The lowest BCUT2D eigenvalue weighted by molar-refractivity contribution is -0.114. The van der Waals surface area contributed by atoms with Gasteiger partial charge in [0.1, 0.15) is 11.9 Å². The molecule has 0 aliphatic rings. The maximum atomic E-state index is 11.4. The Bertz CT molecular complexity index is 773. The highest BCUT2D eigenvalue weighted by Crippen LogP contribution is 2.08. The van der Waals surface area contributed by atoms with Crippen LogP contribution in [0.1, 0.15) is 39.2 Å². The molecule has 1 rings (SSSR count). The second kappa shape index (κ2) is 15.1. The highest BCUT2D eigenvalue weighted by atomic mass is 16.5. The molecular formula is C26H36N2O2. The molecule has 0 radical (unpaired) electrons. The SMILES string of the molecule is C=C(/C=C\C(=C/CCC)C(N)=O)OC(C)/C=C\C(=C/C)CNCCc1ccccc1. The van der Waals surface area contributed by atoms with E-state index in [1.54, 1.807) is 12.2 Å². The number of primary amides is 1. The van der Waals surface area contributed by atoms with E-state index in [9.17, 15) is 4.79 Å². The topological polar surface area (TPSA) is 64.4 Å². The second-order valence-corrected chi connectivity index (χ2v) is 7.07. The van der Waals surface area contributed by atoms with Crippen LogP contribution in [0.15, 0.2) is 90.3 Å². The van der Waals surface area contributed by atoms with Crippen molar-refractivity contribution in [3.05, 3.63) is 95.8 Å². The minimum atomic E-state index is -0.446. The fourth-order valence-electron chi connectivity index (χ4n) is 2.68. The van der Waals surface area contributed by atoms with Crippen molar-refractivity contribution in [2.45, 2.75) is 46.1 Å². The summed E-state index contributed by atoms with van der Waals surface area (Å²) in [6.07, 6.45) is 13.9. The molecule has 0 spiro atoms. The molecule has 0 fully saturated rings. The molecule has 1 atom stereocenters.